The Morgan fingerprint density at radius 1 is 1.24 bits per heavy atom. The predicted octanol–water partition coefficient (Wildman–Crippen LogP) is 0.581. The Kier molecular flexibility index (Phi) is 4.76. The highest BCUT2D eigenvalue weighted by Crippen LogP contribution is 2.24. The Bertz CT molecular complexity index is 543. The van der Waals surface area contributed by atoms with Crippen LogP contribution in [0, 0.1) is 5.92 Å². The molecule has 0 unspecified atom stereocenters. The number of hydrogen-bond acceptors (Lipinski definition) is 4. The maximum Gasteiger partial charge on any atom is 0.251 e. The number of carbonyl (C=O) groups excluding carboxylic acids is 3. The van der Waals surface area contributed by atoms with Crippen molar-refractivity contribution >= 4 is 23.4 Å². The van der Waals surface area contributed by atoms with Gasteiger partial charge in [-0.1, -0.05) is 12.1 Å². The first-order valence-corrected chi connectivity index (χ1v) is 6.73. The van der Waals surface area contributed by atoms with Crippen molar-refractivity contribution in [3.05, 3.63) is 24.3 Å². The number of para-hydroxylation sites is 2. The van der Waals surface area contributed by atoms with E-state index in [1.54, 1.807) is 18.2 Å². The molecule has 0 aliphatic carbocycles. The molecular weight excluding hydrogens is 274 g/mol. The topological polar surface area (TPSA) is 96.5 Å². The lowest BCUT2D eigenvalue weighted by atomic mass is 10.0. The molecule has 1 fully saturated rings. The maximum absolute atomic E-state index is 11.9. The second kappa shape index (κ2) is 6.74. The number of rotatable bonds is 6. The van der Waals surface area contributed by atoms with Crippen molar-refractivity contribution in [2.75, 3.05) is 11.9 Å². The van der Waals surface area contributed by atoms with Crippen molar-refractivity contribution in [3.63, 3.8) is 0 Å². The van der Waals surface area contributed by atoms with Gasteiger partial charge < -0.3 is 10.1 Å². The minimum Gasteiger partial charge on any atom is -0.492 e. The molecule has 0 radical (unpaired) electrons. The maximum atomic E-state index is 11.9. The van der Waals surface area contributed by atoms with Gasteiger partial charge in [0.25, 0.3) is 11.8 Å². The van der Waals surface area contributed by atoms with Gasteiger partial charge in [-0.05, 0) is 25.5 Å². The highest BCUT2D eigenvalue weighted by molar-refractivity contribution is 6.05. The third-order valence-electron chi connectivity index (χ3n) is 3.06. The van der Waals surface area contributed by atoms with Gasteiger partial charge in [0, 0.05) is 6.42 Å². The van der Waals surface area contributed by atoms with E-state index in [1.165, 1.54) is 0 Å². The molecular formula is C14H17N3O4. The fourth-order valence-electron chi connectivity index (χ4n) is 2.02. The number of carbonyl (C=O) groups is 3. The van der Waals surface area contributed by atoms with Gasteiger partial charge >= 0.3 is 0 Å². The lowest BCUT2D eigenvalue weighted by molar-refractivity contribution is -0.128. The summed E-state index contributed by atoms with van der Waals surface area (Å²) in [6.45, 7) is 2.35. The number of nitrogens with one attached hydrogen (secondary N) is 3. The number of ether oxygens (including phenoxy) is 1. The fourth-order valence-corrected chi connectivity index (χ4v) is 2.02. The van der Waals surface area contributed by atoms with Crippen molar-refractivity contribution in [1.29, 1.82) is 0 Å². The summed E-state index contributed by atoms with van der Waals surface area (Å²) in [5.41, 5.74) is 5.03. The molecule has 112 valence electrons. The molecule has 0 atom stereocenters. The van der Waals surface area contributed by atoms with Crippen LogP contribution >= 0.6 is 0 Å². The zero-order valence-electron chi connectivity index (χ0n) is 11.6. The first-order chi connectivity index (χ1) is 10.1. The quantitative estimate of drug-likeness (QED) is 0.668. The van der Waals surface area contributed by atoms with Crippen LogP contribution in [0.3, 0.4) is 0 Å². The van der Waals surface area contributed by atoms with Crippen LogP contribution in [0.4, 0.5) is 5.69 Å². The molecule has 0 saturated carbocycles. The highest BCUT2D eigenvalue weighted by Gasteiger charge is 2.32. The van der Waals surface area contributed by atoms with Crippen molar-refractivity contribution in [2.24, 2.45) is 5.92 Å². The molecule has 1 aromatic carbocycles. The molecule has 1 aliphatic heterocycles. The van der Waals surface area contributed by atoms with E-state index in [9.17, 15) is 14.4 Å². The lowest BCUT2D eigenvalue weighted by Gasteiger charge is -2.11. The van der Waals surface area contributed by atoms with Gasteiger partial charge in [0.1, 0.15) is 11.7 Å². The molecule has 2 rings (SSSR count). The minimum absolute atomic E-state index is 0.0754. The summed E-state index contributed by atoms with van der Waals surface area (Å²) in [5, 5.41) is 2.72. The molecule has 1 saturated heterocycles. The Morgan fingerprint density at radius 3 is 2.57 bits per heavy atom. The zero-order valence-corrected chi connectivity index (χ0v) is 11.6. The summed E-state index contributed by atoms with van der Waals surface area (Å²) in [6.07, 6.45) is 0.242. The summed E-state index contributed by atoms with van der Waals surface area (Å²) in [5.74, 6) is -1.29. The van der Waals surface area contributed by atoms with Crippen LogP contribution < -0.4 is 20.9 Å². The molecule has 3 N–H and O–H groups in total. The van der Waals surface area contributed by atoms with Crippen LogP contribution in [-0.2, 0) is 14.4 Å². The molecule has 0 spiro atoms. The predicted molar refractivity (Wildman–Crippen MR) is 75.3 cm³/mol. The molecule has 1 aromatic rings. The van der Waals surface area contributed by atoms with Gasteiger partial charge in [0.05, 0.1) is 12.3 Å². The van der Waals surface area contributed by atoms with E-state index in [1.807, 2.05) is 13.0 Å². The Balaban J connectivity index is 1.90. The standard InChI is InChI=1S/C14H17N3O4/c1-2-21-11-6-4-3-5-10(11)15-12(18)8-7-9-13(19)16-17-14(9)20/h3-6,9H,2,7-8H2,1H3,(H,15,18)(H,16,19)(H,17,20). The minimum atomic E-state index is -0.808. The van der Waals surface area contributed by atoms with Crippen LogP contribution in [0.1, 0.15) is 19.8 Å². The van der Waals surface area contributed by atoms with E-state index in [0.29, 0.717) is 18.0 Å². The van der Waals surface area contributed by atoms with E-state index < -0.39 is 17.7 Å². The Labute approximate surface area is 122 Å². The molecule has 7 nitrogen and oxygen atoms in total. The molecule has 21 heavy (non-hydrogen) atoms. The first kappa shape index (κ1) is 14.8. The van der Waals surface area contributed by atoms with Gasteiger partial charge in [-0.2, -0.15) is 0 Å². The van der Waals surface area contributed by atoms with Crippen LogP contribution in [0.5, 0.6) is 5.75 Å². The van der Waals surface area contributed by atoms with E-state index in [2.05, 4.69) is 16.2 Å². The molecule has 0 bridgehead atoms. The molecule has 1 aliphatic rings. The van der Waals surface area contributed by atoms with Gasteiger partial charge in [0.15, 0.2) is 0 Å². The fraction of sp³-hybridized carbons (Fsp3) is 0.357. The second-order valence-electron chi connectivity index (χ2n) is 4.55. The molecule has 7 heteroatoms. The highest BCUT2D eigenvalue weighted by atomic mass is 16.5. The normalized spacial score (nSPS) is 14.5. The van der Waals surface area contributed by atoms with Crippen LogP contribution in [-0.4, -0.2) is 24.3 Å². The van der Waals surface area contributed by atoms with Gasteiger partial charge in [-0.25, -0.2) is 0 Å². The van der Waals surface area contributed by atoms with Crippen molar-refractivity contribution in [2.45, 2.75) is 19.8 Å². The molecule has 1 heterocycles. The van der Waals surface area contributed by atoms with E-state index in [0.717, 1.165) is 0 Å². The number of hydrazine groups is 1. The summed E-state index contributed by atoms with van der Waals surface area (Å²) >= 11 is 0. The largest absolute Gasteiger partial charge is 0.492 e. The summed E-state index contributed by atoms with van der Waals surface area (Å²) in [4.78, 5) is 34.6. The van der Waals surface area contributed by atoms with Gasteiger partial charge in [-0.3, -0.25) is 25.2 Å². The summed E-state index contributed by atoms with van der Waals surface area (Å²) < 4.78 is 5.41. The third-order valence-corrected chi connectivity index (χ3v) is 3.06. The average Bonchev–Trinajstić information content (AvgIpc) is 2.78. The molecule has 0 aromatic heterocycles. The lowest BCUT2D eigenvalue weighted by Crippen LogP contribution is -2.28. The molecule has 3 amide bonds. The van der Waals surface area contributed by atoms with Crippen molar-refractivity contribution in [3.8, 4) is 5.75 Å². The van der Waals surface area contributed by atoms with Crippen LogP contribution in [0.15, 0.2) is 24.3 Å². The second-order valence-corrected chi connectivity index (χ2v) is 4.55. The SMILES string of the molecule is CCOc1ccccc1NC(=O)CCC1C(=O)NNC1=O. The van der Waals surface area contributed by atoms with Crippen molar-refractivity contribution < 1.29 is 19.1 Å². The Hall–Kier alpha value is -2.57. The summed E-state index contributed by atoms with van der Waals surface area (Å²) in [7, 11) is 0. The monoisotopic (exact) mass is 291 g/mol. The first-order valence-electron chi connectivity index (χ1n) is 6.73. The van der Waals surface area contributed by atoms with Gasteiger partial charge in [0.2, 0.25) is 5.91 Å². The number of anilines is 1. The smallest absolute Gasteiger partial charge is 0.251 e. The van der Waals surface area contributed by atoms with E-state index in [4.69, 9.17) is 4.74 Å². The third kappa shape index (κ3) is 3.71. The number of amides is 3. The van der Waals surface area contributed by atoms with Crippen molar-refractivity contribution in [1.82, 2.24) is 10.9 Å². The number of hydrogen-bond donors (Lipinski definition) is 3. The van der Waals surface area contributed by atoms with E-state index >= 15 is 0 Å². The zero-order chi connectivity index (χ0) is 15.2. The van der Waals surface area contributed by atoms with Crippen LogP contribution in [0.25, 0.3) is 0 Å². The van der Waals surface area contributed by atoms with E-state index in [-0.39, 0.29) is 18.7 Å². The average molecular weight is 291 g/mol. The summed E-state index contributed by atoms with van der Waals surface area (Å²) in [6, 6.07) is 7.10. The van der Waals surface area contributed by atoms with Crippen LogP contribution in [0.2, 0.25) is 0 Å². The van der Waals surface area contributed by atoms with Gasteiger partial charge in [-0.15, -0.1) is 0 Å². The number of benzene rings is 1. The Morgan fingerprint density at radius 2 is 1.90 bits per heavy atom.